The van der Waals surface area contributed by atoms with Crippen molar-refractivity contribution in [2.75, 3.05) is 18.9 Å². The highest BCUT2D eigenvalue weighted by Gasteiger charge is 2.27. The van der Waals surface area contributed by atoms with Gasteiger partial charge >= 0.3 is 0 Å². The molecule has 2 heterocycles. The van der Waals surface area contributed by atoms with E-state index in [1.54, 1.807) is 7.05 Å². The number of carbonyl (C=O) groups excluding carboxylic acids is 2. The SMILES string of the molecule is Cc1cc(Br)ccc1NC(=O)CN(C)C(=O)c1nc(-c2ccccc2)n2c1CCCCC2. The molecule has 6 nitrogen and oxygen atoms in total. The van der Waals surface area contributed by atoms with Crippen LogP contribution in [0.15, 0.2) is 53.0 Å². The molecule has 166 valence electrons. The van der Waals surface area contributed by atoms with Gasteiger partial charge in [-0.3, -0.25) is 9.59 Å². The Morgan fingerprint density at radius 1 is 1.12 bits per heavy atom. The zero-order valence-corrected chi connectivity index (χ0v) is 20.0. The molecule has 7 heteroatoms. The number of anilines is 1. The predicted octanol–water partition coefficient (Wildman–Crippen LogP) is 5.06. The van der Waals surface area contributed by atoms with Gasteiger partial charge in [-0.05, 0) is 49.9 Å². The van der Waals surface area contributed by atoms with Gasteiger partial charge in [0.15, 0.2) is 0 Å². The Hall–Kier alpha value is -2.93. The van der Waals surface area contributed by atoms with Crippen molar-refractivity contribution in [3.8, 4) is 11.4 Å². The first-order chi connectivity index (χ1) is 15.4. The van der Waals surface area contributed by atoms with Crippen molar-refractivity contribution >= 4 is 33.4 Å². The Bertz CT molecular complexity index is 1140. The van der Waals surface area contributed by atoms with Crippen LogP contribution in [-0.2, 0) is 17.8 Å². The third-order valence-electron chi connectivity index (χ3n) is 5.79. The first kappa shape index (κ1) is 22.3. The lowest BCUT2D eigenvalue weighted by Crippen LogP contribution is -2.35. The molecule has 1 aromatic heterocycles. The minimum Gasteiger partial charge on any atom is -0.331 e. The Kier molecular flexibility index (Phi) is 6.74. The van der Waals surface area contributed by atoms with Crippen LogP contribution in [0.25, 0.3) is 11.4 Å². The molecular formula is C25H27BrN4O2. The number of carbonyl (C=O) groups is 2. The Balaban J connectivity index is 1.55. The molecule has 0 aliphatic carbocycles. The maximum atomic E-state index is 13.3. The van der Waals surface area contributed by atoms with E-state index >= 15 is 0 Å². The highest BCUT2D eigenvalue weighted by molar-refractivity contribution is 9.10. The second-order valence-electron chi connectivity index (χ2n) is 8.23. The van der Waals surface area contributed by atoms with Gasteiger partial charge in [0.25, 0.3) is 5.91 Å². The molecule has 1 N–H and O–H groups in total. The summed E-state index contributed by atoms with van der Waals surface area (Å²) in [5.41, 5.74) is 4.12. The fourth-order valence-electron chi connectivity index (χ4n) is 4.12. The van der Waals surface area contributed by atoms with Crippen molar-refractivity contribution in [2.24, 2.45) is 0 Å². The second kappa shape index (κ2) is 9.69. The zero-order valence-electron chi connectivity index (χ0n) is 18.4. The third kappa shape index (κ3) is 4.78. The summed E-state index contributed by atoms with van der Waals surface area (Å²) >= 11 is 3.43. The lowest BCUT2D eigenvalue weighted by molar-refractivity contribution is -0.116. The maximum absolute atomic E-state index is 13.3. The van der Waals surface area contributed by atoms with Gasteiger partial charge in [0.2, 0.25) is 5.91 Å². The van der Waals surface area contributed by atoms with Crippen molar-refractivity contribution in [3.05, 3.63) is 70.0 Å². The molecule has 0 spiro atoms. The number of rotatable bonds is 5. The molecule has 3 aromatic rings. The van der Waals surface area contributed by atoms with Gasteiger partial charge in [-0.25, -0.2) is 4.98 Å². The number of fused-ring (bicyclic) bond motifs is 1. The highest BCUT2D eigenvalue weighted by Crippen LogP contribution is 2.28. The summed E-state index contributed by atoms with van der Waals surface area (Å²) < 4.78 is 3.14. The van der Waals surface area contributed by atoms with Crippen molar-refractivity contribution in [2.45, 2.75) is 39.2 Å². The molecule has 0 atom stereocenters. The van der Waals surface area contributed by atoms with E-state index < -0.39 is 0 Å². The summed E-state index contributed by atoms with van der Waals surface area (Å²) in [6, 6.07) is 15.6. The largest absolute Gasteiger partial charge is 0.331 e. The Morgan fingerprint density at radius 3 is 2.66 bits per heavy atom. The van der Waals surface area contributed by atoms with Gasteiger partial charge in [0.05, 0.1) is 12.2 Å². The van der Waals surface area contributed by atoms with Crippen LogP contribution in [0.2, 0.25) is 0 Å². The van der Waals surface area contributed by atoms with Crippen LogP contribution in [0.5, 0.6) is 0 Å². The van der Waals surface area contributed by atoms with Gasteiger partial charge < -0.3 is 14.8 Å². The predicted molar refractivity (Wildman–Crippen MR) is 130 cm³/mol. The van der Waals surface area contributed by atoms with Crippen molar-refractivity contribution in [1.82, 2.24) is 14.5 Å². The fraction of sp³-hybridized carbons (Fsp3) is 0.320. The summed E-state index contributed by atoms with van der Waals surface area (Å²) in [6.07, 6.45) is 4.06. The standard InChI is InChI=1S/C25H27BrN4O2/c1-17-15-19(26)12-13-20(17)27-22(31)16-29(2)25(32)23-21-11-7-4-8-14-30(21)24(28-23)18-9-5-3-6-10-18/h3,5-6,9-10,12-13,15H,4,7-8,11,14,16H2,1-2H3,(H,27,31). The molecule has 0 radical (unpaired) electrons. The number of imidazole rings is 1. The van der Waals surface area contributed by atoms with Gasteiger partial charge in [-0.1, -0.05) is 52.7 Å². The number of aromatic nitrogens is 2. The average Bonchev–Trinajstić information content (AvgIpc) is 2.96. The lowest BCUT2D eigenvalue weighted by atomic mass is 10.1. The number of halogens is 1. The second-order valence-corrected chi connectivity index (χ2v) is 9.14. The fourth-order valence-corrected chi connectivity index (χ4v) is 4.60. The molecule has 0 fully saturated rings. The smallest absolute Gasteiger partial charge is 0.274 e. The molecule has 4 rings (SSSR count). The number of nitrogens with one attached hydrogen (secondary N) is 1. The summed E-state index contributed by atoms with van der Waals surface area (Å²) in [7, 11) is 1.65. The van der Waals surface area contributed by atoms with Gasteiger partial charge in [0, 0.05) is 29.3 Å². The summed E-state index contributed by atoms with van der Waals surface area (Å²) in [4.78, 5) is 32.2. The van der Waals surface area contributed by atoms with Crippen molar-refractivity contribution < 1.29 is 9.59 Å². The molecule has 0 bridgehead atoms. The van der Waals surface area contributed by atoms with Crippen LogP contribution >= 0.6 is 15.9 Å². The minimum atomic E-state index is -0.236. The van der Waals surface area contributed by atoms with E-state index in [4.69, 9.17) is 4.98 Å². The van der Waals surface area contributed by atoms with Crippen LogP contribution in [0.1, 0.15) is 41.0 Å². The molecule has 2 amide bonds. The summed E-state index contributed by atoms with van der Waals surface area (Å²) in [5.74, 6) is 0.370. The highest BCUT2D eigenvalue weighted by atomic mass is 79.9. The van der Waals surface area contributed by atoms with Crippen LogP contribution in [0, 0.1) is 6.92 Å². The molecular weight excluding hydrogens is 468 g/mol. The number of likely N-dealkylation sites (N-methyl/N-ethyl adjacent to an activating group) is 1. The summed E-state index contributed by atoms with van der Waals surface area (Å²) in [6.45, 7) is 2.74. The van der Waals surface area contributed by atoms with Gasteiger partial charge in [-0.15, -0.1) is 0 Å². The van der Waals surface area contributed by atoms with E-state index in [0.29, 0.717) is 5.69 Å². The molecule has 1 aliphatic heterocycles. The monoisotopic (exact) mass is 494 g/mol. The Labute approximate surface area is 196 Å². The van der Waals surface area contributed by atoms with Crippen LogP contribution < -0.4 is 5.32 Å². The number of aryl methyl sites for hydroxylation is 1. The lowest BCUT2D eigenvalue weighted by Gasteiger charge is -2.17. The number of hydrogen-bond acceptors (Lipinski definition) is 3. The van der Waals surface area contributed by atoms with Crippen LogP contribution in [0.4, 0.5) is 5.69 Å². The maximum Gasteiger partial charge on any atom is 0.274 e. The molecule has 0 saturated carbocycles. The number of nitrogens with zero attached hydrogens (tertiary/aromatic N) is 3. The van der Waals surface area contributed by atoms with E-state index in [-0.39, 0.29) is 18.4 Å². The zero-order chi connectivity index (χ0) is 22.7. The van der Waals surface area contributed by atoms with Crippen molar-refractivity contribution in [1.29, 1.82) is 0 Å². The van der Waals surface area contributed by atoms with Crippen LogP contribution in [-0.4, -0.2) is 39.9 Å². The van der Waals surface area contributed by atoms with E-state index in [1.165, 1.54) is 4.90 Å². The van der Waals surface area contributed by atoms with E-state index in [0.717, 1.165) is 65.0 Å². The topological polar surface area (TPSA) is 67.2 Å². The normalized spacial score (nSPS) is 13.2. The van der Waals surface area contributed by atoms with Crippen molar-refractivity contribution in [3.63, 3.8) is 0 Å². The molecule has 2 aromatic carbocycles. The number of amides is 2. The molecule has 32 heavy (non-hydrogen) atoms. The van der Waals surface area contributed by atoms with E-state index in [9.17, 15) is 9.59 Å². The molecule has 0 saturated heterocycles. The quantitative estimate of drug-likeness (QED) is 0.538. The van der Waals surface area contributed by atoms with Gasteiger partial charge in [-0.2, -0.15) is 0 Å². The number of benzene rings is 2. The van der Waals surface area contributed by atoms with E-state index in [1.807, 2.05) is 55.5 Å². The first-order valence-electron chi connectivity index (χ1n) is 10.9. The third-order valence-corrected chi connectivity index (χ3v) is 6.29. The average molecular weight is 495 g/mol. The minimum absolute atomic E-state index is 0.0404. The first-order valence-corrected chi connectivity index (χ1v) is 11.7. The Morgan fingerprint density at radius 2 is 1.91 bits per heavy atom. The number of hydrogen-bond donors (Lipinski definition) is 1. The van der Waals surface area contributed by atoms with Gasteiger partial charge in [0.1, 0.15) is 11.5 Å². The van der Waals surface area contributed by atoms with Crippen LogP contribution in [0.3, 0.4) is 0 Å². The van der Waals surface area contributed by atoms with E-state index in [2.05, 4.69) is 25.8 Å². The molecule has 1 aliphatic rings. The summed E-state index contributed by atoms with van der Waals surface area (Å²) in [5, 5.41) is 2.90. The molecule has 0 unspecified atom stereocenters.